The van der Waals surface area contributed by atoms with E-state index in [1.807, 2.05) is 41.5 Å². The van der Waals surface area contributed by atoms with Crippen LogP contribution in [0.3, 0.4) is 0 Å². The summed E-state index contributed by atoms with van der Waals surface area (Å²) in [5.74, 6) is -0.209. The van der Waals surface area contributed by atoms with Crippen molar-refractivity contribution in [3.05, 3.63) is 29.6 Å². The highest BCUT2D eigenvalue weighted by atomic mass is 19.1. The van der Waals surface area contributed by atoms with Gasteiger partial charge in [-0.3, -0.25) is 14.5 Å². The van der Waals surface area contributed by atoms with Crippen LogP contribution in [0.5, 0.6) is 5.75 Å². The van der Waals surface area contributed by atoms with Crippen molar-refractivity contribution < 1.29 is 23.5 Å². The van der Waals surface area contributed by atoms with Crippen LogP contribution in [0.1, 0.15) is 72.4 Å². The highest BCUT2D eigenvalue weighted by Gasteiger charge is 2.57. The molecule has 1 saturated carbocycles. The third-order valence-electron chi connectivity index (χ3n) is 6.81. The van der Waals surface area contributed by atoms with Gasteiger partial charge in [0.25, 0.3) is 0 Å². The van der Waals surface area contributed by atoms with E-state index in [0.29, 0.717) is 30.7 Å². The first-order valence-electron chi connectivity index (χ1n) is 12.5. The molecule has 2 heterocycles. The van der Waals surface area contributed by atoms with E-state index in [0.717, 1.165) is 6.61 Å². The number of rotatable bonds is 5. The summed E-state index contributed by atoms with van der Waals surface area (Å²) in [5, 5.41) is 3.04. The summed E-state index contributed by atoms with van der Waals surface area (Å²) in [6.45, 7) is 12.7. The number of carbonyl (C=O) groups is 2. The van der Waals surface area contributed by atoms with E-state index < -0.39 is 17.2 Å². The van der Waals surface area contributed by atoms with Gasteiger partial charge in [-0.05, 0) is 58.6 Å². The van der Waals surface area contributed by atoms with E-state index in [1.54, 1.807) is 19.2 Å². The minimum atomic E-state index is -0.524. The Labute approximate surface area is 220 Å². The second-order valence-corrected chi connectivity index (χ2v) is 11.2. The van der Waals surface area contributed by atoms with Gasteiger partial charge in [-0.2, -0.15) is 0 Å². The van der Waals surface area contributed by atoms with Gasteiger partial charge >= 0.3 is 0 Å². The highest BCUT2D eigenvalue weighted by Crippen LogP contribution is 2.53. The number of aliphatic imine (C=N–C) groups is 1. The van der Waals surface area contributed by atoms with Gasteiger partial charge in [0.15, 0.2) is 5.96 Å². The molecule has 0 bridgehead atoms. The summed E-state index contributed by atoms with van der Waals surface area (Å²) >= 11 is 0. The molecule has 3 aliphatic rings. The standard InChI is InChI=1S/C23H31FN4O3.C3H8O.C2H2/c1-21(2)11-17(29)28(20(25)27-21)12-23(5)9-13(23)19(30)26-15-10-22(3,4)31-16-8-6-7-14(24)18(15)16;1-3-4-2;1-2/h6-8,13,15H,9-12H2,1-5H3,(H2,25,27)(H,26,30);3H2,1-2H3;1-2H/t13?,15-,23+;;/m0../s1. The van der Waals surface area contributed by atoms with Gasteiger partial charge in [0.1, 0.15) is 17.2 Å². The van der Waals surface area contributed by atoms with Crippen LogP contribution >= 0.6 is 0 Å². The van der Waals surface area contributed by atoms with Gasteiger partial charge in [0.05, 0.1) is 23.6 Å². The monoisotopic (exact) mass is 516 g/mol. The Morgan fingerprint density at radius 2 is 1.89 bits per heavy atom. The Kier molecular flexibility index (Phi) is 9.37. The molecule has 1 aromatic rings. The van der Waals surface area contributed by atoms with Crippen LogP contribution in [0, 0.1) is 30.0 Å². The lowest BCUT2D eigenvalue weighted by atomic mass is 9.89. The van der Waals surface area contributed by atoms with Crippen LogP contribution in [-0.2, 0) is 14.3 Å². The third-order valence-corrected chi connectivity index (χ3v) is 6.81. The SMILES string of the molecule is C#C.CC1(C)CC(=O)N(C[C@@]2(C)CC2C(=O)N[C@H]2CC(C)(C)Oc3cccc(F)c32)C(N)=N1.CCOC. The molecule has 3 N–H and O–H groups in total. The van der Waals surface area contributed by atoms with Crippen molar-refractivity contribution in [3.8, 4) is 18.6 Å². The van der Waals surface area contributed by atoms with E-state index in [4.69, 9.17) is 10.5 Å². The van der Waals surface area contributed by atoms with Gasteiger partial charge in [0.2, 0.25) is 11.8 Å². The van der Waals surface area contributed by atoms with E-state index in [1.165, 1.54) is 11.0 Å². The van der Waals surface area contributed by atoms with Crippen molar-refractivity contribution in [2.75, 3.05) is 20.3 Å². The summed E-state index contributed by atoms with van der Waals surface area (Å²) in [5.41, 5.74) is 5.02. The second-order valence-electron chi connectivity index (χ2n) is 11.2. The van der Waals surface area contributed by atoms with Crippen LogP contribution in [0.25, 0.3) is 0 Å². The molecule has 4 rings (SSSR count). The van der Waals surface area contributed by atoms with Crippen LogP contribution in [0.2, 0.25) is 0 Å². The lowest BCUT2D eigenvalue weighted by Crippen LogP contribution is -2.52. The summed E-state index contributed by atoms with van der Waals surface area (Å²) in [6, 6.07) is 4.24. The maximum absolute atomic E-state index is 14.5. The minimum absolute atomic E-state index is 0.0769. The Morgan fingerprint density at radius 3 is 2.46 bits per heavy atom. The van der Waals surface area contributed by atoms with Crippen molar-refractivity contribution in [1.82, 2.24) is 10.2 Å². The Morgan fingerprint density at radius 1 is 1.27 bits per heavy atom. The van der Waals surface area contributed by atoms with Crippen molar-refractivity contribution in [2.24, 2.45) is 22.1 Å². The number of amides is 2. The minimum Gasteiger partial charge on any atom is -0.487 e. The van der Waals surface area contributed by atoms with Crippen molar-refractivity contribution in [2.45, 2.75) is 78.0 Å². The number of methoxy groups -OCH3 is 1. The molecule has 37 heavy (non-hydrogen) atoms. The van der Waals surface area contributed by atoms with Gasteiger partial charge in [0, 0.05) is 32.6 Å². The molecule has 9 heteroatoms. The summed E-state index contributed by atoms with van der Waals surface area (Å²) in [7, 11) is 1.68. The van der Waals surface area contributed by atoms with E-state index in [9.17, 15) is 14.0 Å². The number of guanidine groups is 1. The van der Waals surface area contributed by atoms with Crippen molar-refractivity contribution in [3.63, 3.8) is 0 Å². The Hall–Kier alpha value is -3.12. The molecule has 1 unspecified atom stereocenters. The number of hydrogen-bond donors (Lipinski definition) is 2. The smallest absolute Gasteiger partial charge is 0.231 e. The number of ether oxygens (including phenoxy) is 2. The zero-order valence-corrected chi connectivity index (χ0v) is 23.1. The zero-order valence-electron chi connectivity index (χ0n) is 23.1. The number of terminal acetylenes is 1. The molecule has 2 amide bonds. The number of benzene rings is 1. The average Bonchev–Trinajstić information content (AvgIpc) is 3.48. The molecule has 0 radical (unpaired) electrons. The molecule has 1 aliphatic carbocycles. The maximum Gasteiger partial charge on any atom is 0.231 e. The van der Waals surface area contributed by atoms with Crippen LogP contribution in [0.15, 0.2) is 23.2 Å². The lowest BCUT2D eigenvalue weighted by Gasteiger charge is -2.38. The van der Waals surface area contributed by atoms with E-state index in [-0.39, 0.29) is 41.3 Å². The first-order valence-corrected chi connectivity index (χ1v) is 12.5. The fourth-order valence-corrected chi connectivity index (χ4v) is 4.80. The van der Waals surface area contributed by atoms with E-state index in [2.05, 4.69) is 27.9 Å². The normalized spacial score (nSPS) is 26.6. The van der Waals surface area contributed by atoms with Crippen molar-refractivity contribution >= 4 is 17.8 Å². The van der Waals surface area contributed by atoms with Gasteiger partial charge < -0.3 is 20.5 Å². The number of nitrogens with two attached hydrogens (primary N) is 1. The molecular weight excluding hydrogens is 475 g/mol. The van der Waals surface area contributed by atoms with Crippen LogP contribution < -0.4 is 15.8 Å². The molecule has 8 nitrogen and oxygen atoms in total. The predicted molar refractivity (Wildman–Crippen MR) is 142 cm³/mol. The fraction of sp³-hybridized carbons (Fsp3) is 0.607. The van der Waals surface area contributed by atoms with E-state index >= 15 is 0 Å². The number of hydrogen-bond acceptors (Lipinski definition) is 6. The predicted octanol–water partition coefficient (Wildman–Crippen LogP) is 3.80. The maximum atomic E-state index is 14.5. The number of halogens is 1. The van der Waals surface area contributed by atoms with Gasteiger partial charge in [-0.25, -0.2) is 9.38 Å². The average molecular weight is 517 g/mol. The molecular formula is C28H41FN4O4. The second kappa shape index (κ2) is 11.5. The quantitative estimate of drug-likeness (QED) is 0.579. The van der Waals surface area contributed by atoms with Gasteiger partial charge in [-0.15, -0.1) is 12.8 Å². The third kappa shape index (κ3) is 7.22. The highest BCUT2D eigenvalue weighted by molar-refractivity contribution is 5.99. The van der Waals surface area contributed by atoms with Crippen LogP contribution in [0.4, 0.5) is 4.39 Å². The fourth-order valence-electron chi connectivity index (χ4n) is 4.80. The molecule has 204 valence electrons. The Bertz CT molecular complexity index is 1050. The molecule has 0 saturated heterocycles. The molecule has 3 atom stereocenters. The number of nitrogens with zero attached hydrogens (tertiary/aromatic N) is 2. The zero-order chi connectivity index (χ0) is 28.2. The summed E-state index contributed by atoms with van der Waals surface area (Å²) < 4.78 is 25.0. The first kappa shape index (κ1) is 30.1. The molecule has 1 fully saturated rings. The number of nitrogens with one attached hydrogen (secondary N) is 1. The van der Waals surface area contributed by atoms with Crippen LogP contribution in [-0.4, -0.2) is 54.1 Å². The molecule has 0 aromatic heterocycles. The molecule has 2 aliphatic heterocycles. The summed E-state index contributed by atoms with van der Waals surface area (Å²) in [6.07, 6.45) is 9.39. The molecule has 0 spiro atoms. The van der Waals surface area contributed by atoms with Gasteiger partial charge in [-0.1, -0.05) is 13.0 Å². The largest absolute Gasteiger partial charge is 0.487 e. The van der Waals surface area contributed by atoms with Crippen molar-refractivity contribution in [1.29, 1.82) is 0 Å². The summed E-state index contributed by atoms with van der Waals surface area (Å²) in [4.78, 5) is 31.6. The number of carbonyl (C=O) groups excluding carboxylic acids is 2. The molecule has 1 aromatic carbocycles. The number of fused-ring (bicyclic) bond motifs is 1. The lowest BCUT2D eigenvalue weighted by molar-refractivity contribution is -0.131. The topological polar surface area (TPSA) is 106 Å². The first-order chi connectivity index (χ1) is 17.2. The Balaban J connectivity index is 0.000000733.